The highest BCUT2D eigenvalue weighted by Crippen LogP contribution is 2.35. The molecule has 0 aliphatic rings. The smallest absolute Gasteiger partial charge is 0.327 e. The second kappa shape index (κ2) is 5.75. The van der Waals surface area contributed by atoms with Crippen molar-refractivity contribution < 1.29 is 33.5 Å². The summed E-state index contributed by atoms with van der Waals surface area (Å²) >= 11 is 0. The summed E-state index contributed by atoms with van der Waals surface area (Å²) in [5, 5.41) is 0. The molecule has 0 spiro atoms. The minimum atomic E-state index is -4.19. The number of rotatable bonds is 7. The van der Waals surface area contributed by atoms with Gasteiger partial charge in [0.1, 0.15) is 0 Å². The fourth-order valence-corrected chi connectivity index (χ4v) is 1.77. The van der Waals surface area contributed by atoms with Crippen molar-refractivity contribution in [2.45, 2.75) is 0 Å². The van der Waals surface area contributed by atoms with E-state index in [-0.39, 0.29) is 13.1 Å². The van der Waals surface area contributed by atoms with Crippen molar-refractivity contribution in [2.75, 3.05) is 25.4 Å². The first-order valence-electron chi connectivity index (χ1n) is 3.92. The van der Waals surface area contributed by atoms with Crippen LogP contribution in [0.4, 0.5) is 0 Å². The SMILES string of the molecule is O=CN(CCP(=O)(O)O)CCP(=O)(O)O. The molecule has 10 heteroatoms. The molecule has 0 radical (unpaired) electrons. The lowest BCUT2D eigenvalue weighted by molar-refractivity contribution is -0.117. The lowest BCUT2D eigenvalue weighted by Crippen LogP contribution is -2.28. The molecule has 8 nitrogen and oxygen atoms in total. The Morgan fingerprint density at radius 2 is 1.27 bits per heavy atom. The second-order valence-electron chi connectivity index (χ2n) is 2.92. The maximum Gasteiger partial charge on any atom is 0.327 e. The van der Waals surface area contributed by atoms with E-state index in [0.717, 1.165) is 4.90 Å². The number of amides is 1. The molecule has 0 aromatic rings. The van der Waals surface area contributed by atoms with Crippen LogP contribution in [0.15, 0.2) is 0 Å². The van der Waals surface area contributed by atoms with Crippen molar-refractivity contribution in [1.82, 2.24) is 4.90 Å². The number of carbonyl (C=O) groups is 1. The van der Waals surface area contributed by atoms with Crippen LogP contribution in [0.25, 0.3) is 0 Å². The first kappa shape index (κ1) is 14.8. The van der Waals surface area contributed by atoms with Gasteiger partial charge in [-0.25, -0.2) is 0 Å². The summed E-state index contributed by atoms with van der Waals surface area (Å²) in [6.07, 6.45) is -0.745. The fraction of sp³-hybridized carbons (Fsp3) is 0.800. The van der Waals surface area contributed by atoms with E-state index in [1.54, 1.807) is 0 Å². The molecular weight excluding hydrogens is 248 g/mol. The molecule has 0 saturated heterocycles. The van der Waals surface area contributed by atoms with Crippen LogP contribution in [0.5, 0.6) is 0 Å². The quantitative estimate of drug-likeness (QED) is 0.334. The van der Waals surface area contributed by atoms with Crippen molar-refractivity contribution in [1.29, 1.82) is 0 Å². The van der Waals surface area contributed by atoms with Crippen molar-refractivity contribution in [3.63, 3.8) is 0 Å². The fourth-order valence-electron chi connectivity index (χ4n) is 0.735. The zero-order valence-electron chi connectivity index (χ0n) is 7.76. The zero-order valence-corrected chi connectivity index (χ0v) is 9.55. The van der Waals surface area contributed by atoms with Gasteiger partial charge in [-0.2, -0.15) is 0 Å². The van der Waals surface area contributed by atoms with Crippen molar-refractivity contribution in [2.24, 2.45) is 0 Å². The standard InChI is InChI=1S/C5H13NO7P2/c7-5-6(1-3-14(8,9)10)2-4-15(11,12)13/h5H,1-4H2,(H2,8,9,10)(H2,11,12,13). The van der Waals surface area contributed by atoms with Crippen LogP contribution in [0.3, 0.4) is 0 Å². The summed E-state index contributed by atoms with van der Waals surface area (Å²) in [7, 11) is -8.38. The van der Waals surface area contributed by atoms with Crippen LogP contribution in [0, 0.1) is 0 Å². The third-order valence-corrected chi connectivity index (χ3v) is 3.07. The summed E-state index contributed by atoms with van der Waals surface area (Å²) in [5.41, 5.74) is 0. The predicted octanol–water partition coefficient (Wildman–Crippen LogP) is -1.20. The van der Waals surface area contributed by atoms with Crippen LogP contribution in [-0.4, -0.2) is 56.3 Å². The highest BCUT2D eigenvalue weighted by molar-refractivity contribution is 7.52. The Bertz CT molecular complexity index is 268. The van der Waals surface area contributed by atoms with E-state index in [0.29, 0.717) is 6.41 Å². The minimum absolute atomic E-state index is 0.228. The van der Waals surface area contributed by atoms with Gasteiger partial charge in [-0.3, -0.25) is 13.9 Å². The van der Waals surface area contributed by atoms with Gasteiger partial charge in [-0.15, -0.1) is 0 Å². The van der Waals surface area contributed by atoms with Crippen molar-refractivity contribution in [3.05, 3.63) is 0 Å². The number of nitrogens with zero attached hydrogens (tertiary/aromatic N) is 1. The van der Waals surface area contributed by atoms with E-state index in [4.69, 9.17) is 19.6 Å². The number of hydrogen-bond acceptors (Lipinski definition) is 3. The van der Waals surface area contributed by atoms with Crippen LogP contribution < -0.4 is 0 Å². The zero-order chi connectivity index (χ0) is 12.1. The molecule has 0 aliphatic carbocycles. The van der Waals surface area contributed by atoms with E-state index in [1.807, 2.05) is 0 Å². The van der Waals surface area contributed by atoms with Gasteiger partial charge in [0.25, 0.3) is 0 Å². The molecule has 0 aliphatic heterocycles. The summed E-state index contributed by atoms with van der Waals surface area (Å²) in [6, 6.07) is 0. The van der Waals surface area contributed by atoms with Gasteiger partial charge in [-0.1, -0.05) is 0 Å². The molecule has 0 atom stereocenters. The van der Waals surface area contributed by atoms with Gasteiger partial charge in [0, 0.05) is 13.1 Å². The van der Waals surface area contributed by atoms with Gasteiger partial charge < -0.3 is 24.5 Å². The number of hydrogen-bond donors (Lipinski definition) is 4. The average molecular weight is 261 g/mol. The minimum Gasteiger partial charge on any atom is -0.344 e. The largest absolute Gasteiger partial charge is 0.344 e. The highest BCUT2D eigenvalue weighted by atomic mass is 31.2. The van der Waals surface area contributed by atoms with E-state index >= 15 is 0 Å². The van der Waals surface area contributed by atoms with Crippen LogP contribution >= 0.6 is 15.2 Å². The van der Waals surface area contributed by atoms with Crippen LogP contribution in [0.2, 0.25) is 0 Å². The molecule has 0 bridgehead atoms. The average Bonchev–Trinajstić information content (AvgIpc) is 2.00. The van der Waals surface area contributed by atoms with Gasteiger partial charge in [-0.05, 0) is 0 Å². The summed E-state index contributed by atoms with van der Waals surface area (Å²) in [4.78, 5) is 45.3. The molecule has 0 saturated carbocycles. The van der Waals surface area contributed by atoms with Crippen LogP contribution in [-0.2, 0) is 13.9 Å². The lowest BCUT2D eigenvalue weighted by atomic mass is 10.6. The molecule has 4 N–H and O–H groups in total. The molecule has 90 valence electrons. The van der Waals surface area contributed by atoms with Gasteiger partial charge in [0.2, 0.25) is 6.41 Å². The Kier molecular flexibility index (Phi) is 5.66. The van der Waals surface area contributed by atoms with Gasteiger partial charge in [0.05, 0.1) is 12.3 Å². The molecular formula is C5H13NO7P2. The highest BCUT2D eigenvalue weighted by Gasteiger charge is 2.18. The maximum atomic E-state index is 10.5. The first-order valence-corrected chi connectivity index (χ1v) is 7.52. The molecule has 0 heterocycles. The maximum absolute atomic E-state index is 10.5. The molecule has 0 unspecified atom stereocenters. The van der Waals surface area contributed by atoms with Gasteiger partial charge >= 0.3 is 15.2 Å². The Labute approximate surface area is 86.2 Å². The predicted molar refractivity (Wildman–Crippen MR) is 51.5 cm³/mol. The lowest BCUT2D eigenvalue weighted by Gasteiger charge is -2.17. The van der Waals surface area contributed by atoms with E-state index in [2.05, 4.69) is 0 Å². The normalized spacial score (nSPS) is 12.5. The van der Waals surface area contributed by atoms with E-state index < -0.39 is 27.5 Å². The van der Waals surface area contributed by atoms with Crippen LogP contribution in [0.1, 0.15) is 0 Å². The molecule has 1 amide bonds. The topological polar surface area (TPSA) is 135 Å². The molecule has 0 aromatic heterocycles. The Hall–Kier alpha value is -0.230. The third-order valence-electron chi connectivity index (χ3n) is 1.51. The van der Waals surface area contributed by atoms with Gasteiger partial charge in [0.15, 0.2) is 0 Å². The summed E-state index contributed by atoms with van der Waals surface area (Å²) < 4.78 is 20.9. The van der Waals surface area contributed by atoms with Crippen molar-refractivity contribution in [3.8, 4) is 0 Å². The molecule has 0 rings (SSSR count). The van der Waals surface area contributed by atoms with E-state index in [1.165, 1.54) is 0 Å². The van der Waals surface area contributed by atoms with E-state index in [9.17, 15) is 13.9 Å². The Morgan fingerprint density at radius 1 is 0.933 bits per heavy atom. The monoisotopic (exact) mass is 261 g/mol. The molecule has 15 heavy (non-hydrogen) atoms. The second-order valence-corrected chi connectivity index (χ2v) is 6.47. The third kappa shape index (κ3) is 10.1. The first-order chi connectivity index (χ1) is 6.64. The number of carbonyl (C=O) groups excluding carboxylic acids is 1. The van der Waals surface area contributed by atoms with Crippen molar-refractivity contribution >= 4 is 21.6 Å². The summed E-state index contributed by atoms with van der Waals surface area (Å²) in [5.74, 6) is 0. The summed E-state index contributed by atoms with van der Waals surface area (Å²) in [6.45, 7) is -0.457. The molecule has 0 fully saturated rings. The Morgan fingerprint density at radius 3 is 1.47 bits per heavy atom. The molecule has 0 aromatic carbocycles. The Balaban J connectivity index is 4.00.